The van der Waals surface area contributed by atoms with Gasteiger partial charge in [-0.2, -0.15) is 0 Å². The molecule has 1 N–H and O–H groups in total. The number of aryl methyl sites for hydroxylation is 2. The van der Waals surface area contributed by atoms with Crippen LogP contribution in [0.15, 0.2) is 21.9 Å². The topological polar surface area (TPSA) is 73.0 Å². The molecular weight excluding hydrogens is 312 g/mol. The van der Waals surface area contributed by atoms with Crippen molar-refractivity contribution in [1.29, 1.82) is 0 Å². The first kappa shape index (κ1) is 17.6. The van der Waals surface area contributed by atoms with E-state index in [1.807, 2.05) is 13.2 Å². The summed E-state index contributed by atoms with van der Waals surface area (Å²) in [7, 11) is 0. The molecule has 6 nitrogen and oxygen atoms in total. The number of carbonyl (C=O) groups excluding carboxylic acids is 1. The Balaban J connectivity index is 1.86. The lowest BCUT2D eigenvalue weighted by Gasteiger charge is -2.11. The molecule has 0 saturated heterocycles. The summed E-state index contributed by atoms with van der Waals surface area (Å²) in [5.41, 5.74) is 0.851. The summed E-state index contributed by atoms with van der Waals surface area (Å²) in [4.78, 5) is 12.0. The highest BCUT2D eigenvalue weighted by molar-refractivity contribution is 7.98. The summed E-state index contributed by atoms with van der Waals surface area (Å²) in [6, 6.07) is 1.78. The zero-order valence-corrected chi connectivity index (χ0v) is 14.9. The summed E-state index contributed by atoms with van der Waals surface area (Å²) in [6.07, 6.45) is 5.15. The van der Waals surface area contributed by atoms with Crippen LogP contribution < -0.4 is 5.32 Å². The lowest BCUT2D eigenvalue weighted by atomic mass is 10.2. The summed E-state index contributed by atoms with van der Waals surface area (Å²) in [5, 5.41) is 12.3. The average molecular weight is 336 g/mol. The Bertz CT molecular complexity index is 648. The largest absolute Gasteiger partial charge is 0.459 e. The van der Waals surface area contributed by atoms with Gasteiger partial charge in [0.1, 0.15) is 5.82 Å². The maximum absolute atomic E-state index is 12.0. The molecule has 126 valence electrons. The SMILES string of the molecule is CSc1nnc(CCCNC(=O)c2occc2C)n1CC(C)C. The van der Waals surface area contributed by atoms with E-state index < -0.39 is 0 Å². The molecule has 0 aromatic carbocycles. The molecule has 2 heterocycles. The number of aromatic nitrogens is 3. The van der Waals surface area contributed by atoms with Crippen molar-refractivity contribution in [2.75, 3.05) is 12.8 Å². The predicted octanol–water partition coefficient (Wildman–Crippen LogP) is 2.92. The highest BCUT2D eigenvalue weighted by Crippen LogP contribution is 2.16. The third-order valence-corrected chi connectivity index (χ3v) is 4.12. The van der Waals surface area contributed by atoms with E-state index in [1.54, 1.807) is 17.8 Å². The molecule has 0 saturated carbocycles. The van der Waals surface area contributed by atoms with Crippen LogP contribution in [-0.2, 0) is 13.0 Å². The molecule has 0 bridgehead atoms. The van der Waals surface area contributed by atoms with E-state index in [2.05, 4.69) is 33.9 Å². The second-order valence-electron chi connectivity index (χ2n) is 5.90. The third kappa shape index (κ3) is 4.60. The average Bonchev–Trinajstić information content (AvgIpc) is 3.09. The highest BCUT2D eigenvalue weighted by atomic mass is 32.2. The molecule has 0 aliphatic carbocycles. The van der Waals surface area contributed by atoms with Gasteiger partial charge in [-0.05, 0) is 31.6 Å². The summed E-state index contributed by atoms with van der Waals surface area (Å²) >= 11 is 1.61. The smallest absolute Gasteiger partial charge is 0.287 e. The Kier molecular flexibility index (Phi) is 6.27. The minimum atomic E-state index is -0.166. The molecule has 1 amide bonds. The van der Waals surface area contributed by atoms with E-state index in [0.29, 0.717) is 18.2 Å². The first-order valence-electron chi connectivity index (χ1n) is 7.81. The number of thioether (sulfide) groups is 1. The number of amides is 1. The van der Waals surface area contributed by atoms with Gasteiger partial charge in [0.15, 0.2) is 10.9 Å². The molecule has 23 heavy (non-hydrogen) atoms. The van der Waals surface area contributed by atoms with Crippen LogP contribution in [0.25, 0.3) is 0 Å². The molecule has 0 radical (unpaired) electrons. The Morgan fingerprint density at radius 1 is 1.43 bits per heavy atom. The Labute approximate surface area is 141 Å². The van der Waals surface area contributed by atoms with Gasteiger partial charge in [0, 0.05) is 25.1 Å². The van der Waals surface area contributed by atoms with Gasteiger partial charge in [-0.3, -0.25) is 4.79 Å². The van der Waals surface area contributed by atoms with Gasteiger partial charge in [0.05, 0.1) is 6.26 Å². The molecular formula is C16H24N4O2S. The van der Waals surface area contributed by atoms with Crippen LogP contribution >= 0.6 is 11.8 Å². The van der Waals surface area contributed by atoms with Crippen molar-refractivity contribution in [3.8, 4) is 0 Å². The van der Waals surface area contributed by atoms with E-state index in [9.17, 15) is 4.79 Å². The summed E-state index contributed by atoms with van der Waals surface area (Å²) in [5.74, 6) is 1.74. The number of nitrogens with one attached hydrogen (secondary N) is 1. The van der Waals surface area contributed by atoms with E-state index in [4.69, 9.17) is 4.42 Å². The summed E-state index contributed by atoms with van der Waals surface area (Å²) in [6.45, 7) is 7.72. The molecule has 7 heteroatoms. The first-order chi connectivity index (χ1) is 11.0. The number of rotatable bonds is 8. The minimum absolute atomic E-state index is 0.166. The van der Waals surface area contributed by atoms with Crippen molar-refractivity contribution in [2.24, 2.45) is 5.92 Å². The van der Waals surface area contributed by atoms with Crippen molar-refractivity contribution in [1.82, 2.24) is 20.1 Å². The number of furan rings is 1. The van der Waals surface area contributed by atoms with Crippen molar-refractivity contribution in [3.05, 3.63) is 29.5 Å². The number of hydrogen-bond acceptors (Lipinski definition) is 5. The maximum atomic E-state index is 12.0. The van der Waals surface area contributed by atoms with Crippen LogP contribution in [0.2, 0.25) is 0 Å². The van der Waals surface area contributed by atoms with Crippen LogP contribution in [0, 0.1) is 12.8 Å². The zero-order chi connectivity index (χ0) is 16.8. The van der Waals surface area contributed by atoms with Crippen LogP contribution in [-0.4, -0.2) is 33.5 Å². The van der Waals surface area contributed by atoms with Gasteiger partial charge < -0.3 is 14.3 Å². The highest BCUT2D eigenvalue weighted by Gasteiger charge is 2.14. The van der Waals surface area contributed by atoms with E-state index in [-0.39, 0.29) is 5.91 Å². The van der Waals surface area contributed by atoms with Crippen LogP contribution in [0.4, 0.5) is 0 Å². The third-order valence-electron chi connectivity index (χ3n) is 3.45. The van der Waals surface area contributed by atoms with Crippen molar-refractivity contribution in [2.45, 2.75) is 45.3 Å². The standard InChI is InChI=1S/C16H24N4O2S/c1-11(2)10-20-13(18-19-16(20)23-4)6-5-8-17-15(21)14-12(3)7-9-22-14/h7,9,11H,5-6,8,10H2,1-4H3,(H,17,21). The van der Waals surface area contributed by atoms with E-state index >= 15 is 0 Å². The normalized spacial score (nSPS) is 11.2. The first-order valence-corrected chi connectivity index (χ1v) is 9.03. The van der Waals surface area contributed by atoms with Gasteiger partial charge in [-0.1, -0.05) is 25.6 Å². The molecule has 0 spiro atoms. The molecule has 0 unspecified atom stereocenters. The van der Waals surface area contributed by atoms with Crippen molar-refractivity contribution in [3.63, 3.8) is 0 Å². The lowest BCUT2D eigenvalue weighted by Crippen LogP contribution is -2.25. The molecule has 2 aromatic rings. The summed E-state index contributed by atoms with van der Waals surface area (Å²) < 4.78 is 7.36. The molecule has 0 aliphatic rings. The fourth-order valence-corrected chi connectivity index (χ4v) is 2.86. The Morgan fingerprint density at radius 2 is 2.22 bits per heavy atom. The number of hydrogen-bond donors (Lipinski definition) is 1. The monoisotopic (exact) mass is 336 g/mol. The van der Waals surface area contributed by atoms with Gasteiger partial charge in [0.2, 0.25) is 0 Å². The van der Waals surface area contributed by atoms with Crippen LogP contribution in [0.5, 0.6) is 0 Å². The number of nitrogens with zero attached hydrogens (tertiary/aromatic N) is 3. The zero-order valence-electron chi connectivity index (χ0n) is 14.1. The van der Waals surface area contributed by atoms with E-state index in [0.717, 1.165) is 35.9 Å². The van der Waals surface area contributed by atoms with Gasteiger partial charge in [-0.25, -0.2) is 0 Å². The van der Waals surface area contributed by atoms with E-state index in [1.165, 1.54) is 6.26 Å². The van der Waals surface area contributed by atoms with Gasteiger partial charge >= 0.3 is 0 Å². The Hall–Kier alpha value is -1.76. The van der Waals surface area contributed by atoms with Crippen LogP contribution in [0.1, 0.15) is 42.2 Å². The van der Waals surface area contributed by atoms with Crippen molar-refractivity contribution >= 4 is 17.7 Å². The van der Waals surface area contributed by atoms with Crippen LogP contribution in [0.3, 0.4) is 0 Å². The minimum Gasteiger partial charge on any atom is -0.459 e. The molecule has 0 atom stereocenters. The van der Waals surface area contributed by atoms with Gasteiger partial charge in [-0.15, -0.1) is 10.2 Å². The predicted molar refractivity (Wildman–Crippen MR) is 90.7 cm³/mol. The number of carbonyl (C=O) groups is 1. The van der Waals surface area contributed by atoms with Gasteiger partial charge in [0.25, 0.3) is 5.91 Å². The second kappa shape index (κ2) is 8.19. The molecule has 0 fully saturated rings. The fraction of sp³-hybridized carbons (Fsp3) is 0.562. The second-order valence-corrected chi connectivity index (χ2v) is 6.67. The molecule has 2 rings (SSSR count). The molecule has 2 aromatic heterocycles. The maximum Gasteiger partial charge on any atom is 0.287 e. The molecule has 0 aliphatic heterocycles. The fourth-order valence-electron chi connectivity index (χ4n) is 2.34. The van der Waals surface area contributed by atoms with Crippen molar-refractivity contribution < 1.29 is 9.21 Å². The lowest BCUT2D eigenvalue weighted by molar-refractivity contribution is 0.0924. The quantitative estimate of drug-likeness (QED) is 0.593. The Morgan fingerprint density at radius 3 is 2.83 bits per heavy atom.